The standard InChI is InChI=1S/C11H23NO2/c1-6-10(13)9(8-14-7-2)12-11(3,4)5/h9,12H,6-8H2,1-5H3. The van der Waals surface area contributed by atoms with Gasteiger partial charge in [0.25, 0.3) is 0 Å². The fourth-order valence-corrected chi connectivity index (χ4v) is 1.22. The van der Waals surface area contributed by atoms with Crippen LogP contribution in [0.4, 0.5) is 0 Å². The summed E-state index contributed by atoms with van der Waals surface area (Å²) in [6.45, 7) is 11.1. The molecule has 0 radical (unpaired) electrons. The third-order valence-electron chi connectivity index (χ3n) is 1.83. The van der Waals surface area contributed by atoms with Gasteiger partial charge in [0.05, 0.1) is 12.6 Å². The SMILES string of the molecule is CCOCC(NC(C)(C)C)C(=O)CC. The number of carbonyl (C=O) groups excluding carboxylic acids is 1. The highest BCUT2D eigenvalue weighted by atomic mass is 16.5. The summed E-state index contributed by atoms with van der Waals surface area (Å²) in [5.41, 5.74) is -0.0490. The van der Waals surface area contributed by atoms with Gasteiger partial charge in [-0.2, -0.15) is 0 Å². The minimum Gasteiger partial charge on any atom is -0.380 e. The van der Waals surface area contributed by atoms with Crippen LogP contribution in [-0.2, 0) is 9.53 Å². The normalized spacial score (nSPS) is 14.1. The number of nitrogens with one attached hydrogen (secondary N) is 1. The molecule has 0 aliphatic rings. The Morgan fingerprint density at radius 1 is 1.36 bits per heavy atom. The topological polar surface area (TPSA) is 38.3 Å². The predicted molar refractivity (Wildman–Crippen MR) is 58.5 cm³/mol. The lowest BCUT2D eigenvalue weighted by atomic mass is 10.0. The first kappa shape index (κ1) is 13.6. The maximum atomic E-state index is 11.6. The second kappa shape index (κ2) is 6.14. The number of hydrogen-bond donors (Lipinski definition) is 1. The summed E-state index contributed by atoms with van der Waals surface area (Å²) < 4.78 is 5.28. The predicted octanol–water partition coefficient (Wildman–Crippen LogP) is 1.76. The molecule has 1 atom stereocenters. The molecule has 0 rings (SSSR count). The van der Waals surface area contributed by atoms with Crippen molar-refractivity contribution in [2.75, 3.05) is 13.2 Å². The van der Waals surface area contributed by atoms with Gasteiger partial charge in [-0.15, -0.1) is 0 Å². The van der Waals surface area contributed by atoms with Gasteiger partial charge in [-0.05, 0) is 27.7 Å². The van der Waals surface area contributed by atoms with Crippen LogP contribution >= 0.6 is 0 Å². The molecule has 1 unspecified atom stereocenters. The smallest absolute Gasteiger partial charge is 0.151 e. The van der Waals surface area contributed by atoms with Crippen molar-refractivity contribution in [3.8, 4) is 0 Å². The van der Waals surface area contributed by atoms with Crippen molar-refractivity contribution in [2.45, 2.75) is 52.6 Å². The van der Waals surface area contributed by atoms with Crippen molar-refractivity contribution in [1.29, 1.82) is 0 Å². The lowest BCUT2D eigenvalue weighted by Gasteiger charge is -2.27. The van der Waals surface area contributed by atoms with Crippen LogP contribution < -0.4 is 5.32 Å². The summed E-state index contributed by atoms with van der Waals surface area (Å²) in [5.74, 6) is 0.216. The first-order valence-electron chi connectivity index (χ1n) is 5.28. The molecule has 0 saturated heterocycles. The number of ketones is 1. The van der Waals surface area contributed by atoms with Crippen LogP contribution in [0.5, 0.6) is 0 Å². The molecular weight excluding hydrogens is 178 g/mol. The Morgan fingerprint density at radius 2 is 1.93 bits per heavy atom. The molecule has 0 aliphatic heterocycles. The first-order valence-corrected chi connectivity index (χ1v) is 5.28. The summed E-state index contributed by atoms with van der Waals surface area (Å²) in [6.07, 6.45) is 0.556. The van der Waals surface area contributed by atoms with Crippen LogP contribution in [0.3, 0.4) is 0 Å². The number of hydrogen-bond acceptors (Lipinski definition) is 3. The van der Waals surface area contributed by atoms with Crippen LogP contribution in [0.15, 0.2) is 0 Å². The Labute approximate surface area is 87.2 Å². The van der Waals surface area contributed by atoms with Crippen LogP contribution in [0.2, 0.25) is 0 Å². The van der Waals surface area contributed by atoms with Gasteiger partial charge in [0.2, 0.25) is 0 Å². The van der Waals surface area contributed by atoms with Crippen molar-refractivity contribution in [3.63, 3.8) is 0 Å². The molecule has 0 aromatic rings. The molecule has 0 aromatic carbocycles. The lowest BCUT2D eigenvalue weighted by Crippen LogP contribution is -2.49. The summed E-state index contributed by atoms with van der Waals surface area (Å²) >= 11 is 0. The van der Waals surface area contributed by atoms with E-state index in [0.29, 0.717) is 19.6 Å². The fraction of sp³-hybridized carbons (Fsp3) is 0.909. The first-order chi connectivity index (χ1) is 6.40. The number of rotatable bonds is 6. The van der Waals surface area contributed by atoms with Crippen molar-refractivity contribution >= 4 is 5.78 Å². The number of carbonyl (C=O) groups is 1. The zero-order valence-electron chi connectivity index (χ0n) is 10.0. The highest BCUT2D eigenvalue weighted by molar-refractivity contribution is 5.83. The van der Waals surface area contributed by atoms with E-state index in [2.05, 4.69) is 26.1 Å². The molecule has 0 aromatic heterocycles. The largest absolute Gasteiger partial charge is 0.380 e. The highest BCUT2D eigenvalue weighted by Gasteiger charge is 2.22. The summed E-state index contributed by atoms with van der Waals surface area (Å²) in [7, 11) is 0. The molecule has 0 saturated carbocycles. The Kier molecular flexibility index (Phi) is 5.96. The minimum atomic E-state index is -0.167. The molecule has 3 nitrogen and oxygen atoms in total. The molecule has 0 amide bonds. The van der Waals surface area contributed by atoms with Crippen molar-refractivity contribution in [1.82, 2.24) is 5.32 Å². The zero-order valence-corrected chi connectivity index (χ0v) is 10.0. The van der Waals surface area contributed by atoms with Gasteiger partial charge < -0.3 is 10.1 Å². The molecule has 0 heterocycles. The van der Waals surface area contributed by atoms with Crippen molar-refractivity contribution in [2.24, 2.45) is 0 Å². The summed E-state index contributed by atoms with van der Waals surface area (Å²) in [6, 6.07) is -0.167. The van der Waals surface area contributed by atoms with E-state index in [1.165, 1.54) is 0 Å². The van der Waals surface area contributed by atoms with E-state index >= 15 is 0 Å². The maximum absolute atomic E-state index is 11.6. The average molecular weight is 201 g/mol. The molecule has 3 heteroatoms. The molecule has 0 aliphatic carbocycles. The van der Waals surface area contributed by atoms with Gasteiger partial charge in [0.15, 0.2) is 5.78 Å². The van der Waals surface area contributed by atoms with Gasteiger partial charge in [-0.3, -0.25) is 4.79 Å². The Hall–Kier alpha value is -0.410. The molecule has 14 heavy (non-hydrogen) atoms. The van der Waals surface area contributed by atoms with Crippen molar-refractivity contribution < 1.29 is 9.53 Å². The molecule has 84 valence electrons. The van der Waals surface area contributed by atoms with E-state index in [4.69, 9.17) is 4.74 Å². The monoisotopic (exact) mass is 201 g/mol. The van der Waals surface area contributed by atoms with E-state index in [1.54, 1.807) is 0 Å². The number of Topliss-reactive ketones (excluding diaryl/α,β-unsaturated/α-hetero) is 1. The number of ether oxygens (including phenoxy) is 1. The lowest BCUT2D eigenvalue weighted by molar-refractivity contribution is -0.122. The zero-order chi connectivity index (χ0) is 11.2. The maximum Gasteiger partial charge on any atom is 0.151 e. The van der Waals surface area contributed by atoms with Crippen LogP contribution in [0.1, 0.15) is 41.0 Å². The van der Waals surface area contributed by atoms with E-state index < -0.39 is 0 Å². The van der Waals surface area contributed by atoms with Gasteiger partial charge in [-0.1, -0.05) is 6.92 Å². The molecule has 0 spiro atoms. The van der Waals surface area contributed by atoms with Crippen LogP contribution in [0, 0.1) is 0 Å². The van der Waals surface area contributed by atoms with E-state index in [9.17, 15) is 4.79 Å². The van der Waals surface area contributed by atoms with Gasteiger partial charge in [0, 0.05) is 18.6 Å². The van der Waals surface area contributed by atoms with Crippen molar-refractivity contribution in [3.05, 3.63) is 0 Å². The second-order valence-electron chi connectivity index (χ2n) is 4.43. The molecule has 1 N–H and O–H groups in total. The van der Waals surface area contributed by atoms with Gasteiger partial charge >= 0.3 is 0 Å². The highest BCUT2D eigenvalue weighted by Crippen LogP contribution is 2.04. The minimum absolute atomic E-state index is 0.0490. The van der Waals surface area contributed by atoms with Gasteiger partial charge in [-0.25, -0.2) is 0 Å². The quantitative estimate of drug-likeness (QED) is 0.711. The van der Waals surface area contributed by atoms with E-state index in [1.807, 2.05) is 13.8 Å². The summed E-state index contributed by atoms with van der Waals surface area (Å²) in [4.78, 5) is 11.6. The average Bonchev–Trinajstić information content (AvgIpc) is 2.09. The third kappa shape index (κ3) is 6.11. The molecule has 0 fully saturated rings. The Balaban J connectivity index is 4.18. The molecular formula is C11H23NO2. The van der Waals surface area contributed by atoms with Gasteiger partial charge in [0.1, 0.15) is 0 Å². The Bertz CT molecular complexity index is 173. The summed E-state index contributed by atoms with van der Waals surface area (Å²) in [5, 5.41) is 3.27. The Morgan fingerprint density at radius 3 is 2.29 bits per heavy atom. The third-order valence-corrected chi connectivity index (χ3v) is 1.83. The van der Waals surface area contributed by atoms with E-state index in [-0.39, 0.29) is 17.4 Å². The fourth-order valence-electron chi connectivity index (χ4n) is 1.22. The van der Waals surface area contributed by atoms with E-state index in [0.717, 1.165) is 0 Å². The second-order valence-corrected chi connectivity index (χ2v) is 4.43. The molecule has 0 bridgehead atoms. The van der Waals surface area contributed by atoms with Crippen LogP contribution in [0.25, 0.3) is 0 Å². The van der Waals surface area contributed by atoms with Crippen LogP contribution in [-0.4, -0.2) is 30.6 Å².